The maximum atomic E-state index is 13.9. The number of hydrogen-bond donors (Lipinski definition) is 1. The van der Waals surface area contributed by atoms with Crippen molar-refractivity contribution in [1.82, 2.24) is 15.1 Å². The quantitative estimate of drug-likeness (QED) is 0.296. The molecule has 1 aliphatic rings. The zero-order chi connectivity index (χ0) is 29.3. The van der Waals surface area contributed by atoms with E-state index < -0.39 is 5.41 Å². The summed E-state index contributed by atoms with van der Waals surface area (Å²) >= 11 is 1.51. The summed E-state index contributed by atoms with van der Waals surface area (Å²) in [5, 5.41) is 7.65. The molecule has 0 bridgehead atoms. The predicted molar refractivity (Wildman–Crippen MR) is 158 cm³/mol. The molecule has 1 unspecified atom stereocenters. The van der Waals surface area contributed by atoms with E-state index in [0.29, 0.717) is 11.5 Å². The molecule has 5 rings (SSSR count). The minimum atomic E-state index is -0.401. The summed E-state index contributed by atoms with van der Waals surface area (Å²) in [6.07, 6.45) is 0. The molecule has 3 aromatic carbocycles. The number of fused-ring (bicyclic) bond motifs is 1. The lowest BCUT2D eigenvalue weighted by Gasteiger charge is -2.24. The van der Waals surface area contributed by atoms with Gasteiger partial charge in [0.2, 0.25) is 11.8 Å². The summed E-state index contributed by atoms with van der Waals surface area (Å²) in [7, 11) is 0. The Morgan fingerprint density at radius 1 is 1.02 bits per heavy atom. The van der Waals surface area contributed by atoms with Crippen molar-refractivity contribution in [1.29, 1.82) is 0 Å². The first-order valence-electron chi connectivity index (χ1n) is 13.4. The molecule has 0 fully saturated rings. The molecular weight excluding hydrogens is 542 g/mol. The van der Waals surface area contributed by atoms with Crippen LogP contribution in [-0.2, 0) is 21.5 Å². The van der Waals surface area contributed by atoms with E-state index in [2.05, 4.69) is 32.2 Å². The normalized spacial score (nSPS) is 15.4. The predicted octanol–water partition coefficient (Wildman–Crippen LogP) is 6.24. The number of rotatable bonds is 6. The Morgan fingerprint density at radius 2 is 1.68 bits per heavy atom. The largest absolute Gasteiger partial charge is 0.350 e. The molecule has 4 aromatic rings. The Labute approximate surface area is 242 Å². The van der Waals surface area contributed by atoms with E-state index in [9.17, 15) is 18.4 Å². The fourth-order valence-electron chi connectivity index (χ4n) is 4.93. The second kappa shape index (κ2) is 11.5. The van der Waals surface area contributed by atoms with E-state index in [1.807, 2.05) is 25.1 Å². The lowest BCUT2D eigenvalue weighted by atomic mass is 9.87. The summed E-state index contributed by atoms with van der Waals surface area (Å²) in [6.45, 7) is 8.18. The van der Waals surface area contributed by atoms with Gasteiger partial charge in [-0.3, -0.25) is 14.5 Å². The third kappa shape index (κ3) is 6.20. The topological polar surface area (TPSA) is 67.2 Å². The van der Waals surface area contributed by atoms with E-state index in [0.717, 1.165) is 27.9 Å². The minimum Gasteiger partial charge on any atom is -0.350 e. The molecule has 6 nitrogen and oxygen atoms in total. The second-order valence-corrected chi connectivity index (χ2v) is 12.3. The van der Waals surface area contributed by atoms with Gasteiger partial charge in [0.25, 0.3) is 0 Å². The molecule has 2 heterocycles. The third-order valence-electron chi connectivity index (χ3n) is 6.92. The van der Waals surface area contributed by atoms with Crippen molar-refractivity contribution in [2.24, 2.45) is 0 Å². The zero-order valence-electron chi connectivity index (χ0n) is 23.4. The molecule has 1 N–H and O–H groups in total. The van der Waals surface area contributed by atoms with Gasteiger partial charge in [-0.25, -0.2) is 13.5 Å². The molecule has 0 radical (unpaired) electrons. The molecule has 0 saturated carbocycles. The van der Waals surface area contributed by atoms with Crippen molar-refractivity contribution < 1.29 is 18.4 Å². The Balaban J connectivity index is 1.63. The highest BCUT2D eigenvalue weighted by atomic mass is 32.2. The van der Waals surface area contributed by atoms with Crippen LogP contribution in [0, 0.1) is 18.6 Å². The fraction of sp³-hybridized carbons (Fsp3) is 0.281. The summed E-state index contributed by atoms with van der Waals surface area (Å²) < 4.78 is 28.9. The van der Waals surface area contributed by atoms with Crippen molar-refractivity contribution in [2.75, 3.05) is 17.2 Å². The number of amides is 2. The number of nitrogens with zero attached hydrogens (tertiary/aromatic N) is 3. The number of aromatic nitrogens is 2. The van der Waals surface area contributed by atoms with Gasteiger partial charge >= 0.3 is 0 Å². The van der Waals surface area contributed by atoms with Crippen LogP contribution in [0.25, 0.3) is 5.69 Å². The van der Waals surface area contributed by atoms with Crippen LogP contribution in [0.3, 0.4) is 0 Å². The number of hydrogen-bond acceptors (Lipinski definition) is 4. The van der Waals surface area contributed by atoms with Crippen LogP contribution in [0.4, 0.5) is 14.6 Å². The first kappa shape index (κ1) is 28.5. The van der Waals surface area contributed by atoms with E-state index in [4.69, 9.17) is 5.10 Å². The van der Waals surface area contributed by atoms with Gasteiger partial charge in [-0.1, -0.05) is 62.7 Å². The summed E-state index contributed by atoms with van der Waals surface area (Å²) in [4.78, 5) is 28.5. The summed E-state index contributed by atoms with van der Waals surface area (Å²) in [5.74, 6) is -0.675. The lowest BCUT2D eigenvalue weighted by molar-refractivity contribution is -0.123. The maximum Gasteiger partial charge on any atom is 0.240 e. The molecule has 41 heavy (non-hydrogen) atoms. The van der Waals surface area contributed by atoms with Gasteiger partial charge in [-0.05, 0) is 54.4 Å². The van der Waals surface area contributed by atoms with E-state index in [1.54, 1.807) is 28.9 Å². The Kier molecular flexibility index (Phi) is 8.00. The summed E-state index contributed by atoms with van der Waals surface area (Å²) in [5.41, 5.74) is 4.71. The summed E-state index contributed by atoms with van der Waals surface area (Å²) in [6, 6.07) is 20.0. The van der Waals surface area contributed by atoms with Crippen molar-refractivity contribution in [3.8, 4) is 5.69 Å². The number of thioether (sulfide) groups is 1. The van der Waals surface area contributed by atoms with Crippen LogP contribution in [0.15, 0.2) is 72.8 Å². The zero-order valence-corrected chi connectivity index (χ0v) is 24.3. The number of nitrogens with one attached hydrogen (secondary N) is 1. The lowest BCUT2D eigenvalue weighted by Crippen LogP contribution is -2.42. The molecule has 0 aliphatic carbocycles. The SMILES string of the molecule is Cc1cccc(C2SCC(=O)N(CC(=O)NCc3ccc(F)cc3)c3c2c(C(C)(C)C)nn3-c2ccc(F)cc2)c1. The van der Waals surface area contributed by atoms with Gasteiger partial charge < -0.3 is 5.32 Å². The number of anilines is 1. The smallest absolute Gasteiger partial charge is 0.240 e. The van der Waals surface area contributed by atoms with E-state index in [1.165, 1.54) is 40.9 Å². The van der Waals surface area contributed by atoms with Crippen LogP contribution < -0.4 is 10.2 Å². The standard InChI is InChI=1S/C32H32F2N4O2S/c1-20-6-5-7-22(16-20)29-28-30(32(2,3)4)36-38(25-14-12-24(34)13-15-25)31(28)37(27(40)19-41-29)18-26(39)35-17-21-8-10-23(33)11-9-21/h5-16,29H,17-19H2,1-4H3,(H,35,39). The Bertz CT molecular complexity index is 1580. The monoisotopic (exact) mass is 574 g/mol. The first-order valence-corrected chi connectivity index (χ1v) is 14.4. The molecule has 9 heteroatoms. The molecule has 0 spiro atoms. The molecule has 212 valence electrons. The number of carbonyl (C=O) groups is 2. The average molecular weight is 575 g/mol. The van der Waals surface area contributed by atoms with Crippen molar-refractivity contribution in [2.45, 2.75) is 44.9 Å². The van der Waals surface area contributed by atoms with Gasteiger partial charge in [-0.15, -0.1) is 11.8 Å². The fourth-order valence-corrected chi connectivity index (χ4v) is 6.12. The highest BCUT2D eigenvalue weighted by Gasteiger charge is 2.40. The van der Waals surface area contributed by atoms with Gasteiger partial charge in [-0.2, -0.15) is 5.10 Å². The van der Waals surface area contributed by atoms with Gasteiger partial charge in [0.05, 0.1) is 22.4 Å². The second-order valence-electron chi connectivity index (χ2n) is 11.2. The van der Waals surface area contributed by atoms with Crippen LogP contribution in [0.1, 0.15) is 54.0 Å². The van der Waals surface area contributed by atoms with Crippen molar-refractivity contribution in [3.05, 3.63) is 112 Å². The molecular formula is C32H32F2N4O2S. The molecule has 1 atom stereocenters. The number of carbonyl (C=O) groups excluding carboxylic acids is 2. The van der Waals surface area contributed by atoms with Gasteiger partial charge in [0, 0.05) is 17.5 Å². The molecule has 0 saturated heterocycles. The molecule has 1 aromatic heterocycles. The minimum absolute atomic E-state index is 0.158. The third-order valence-corrected chi connectivity index (χ3v) is 8.17. The van der Waals surface area contributed by atoms with Crippen LogP contribution in [0.2, 0.25) is 0 Å². The first-order chi connectivity index (χ1) is 19.5. The average Bonchev–Trinajstić information content (AvgIpc) is 3.26. The molecule has 1 aliphatic heterocycles. The van der Waals surface area contributed by atoms with Crippen LogP contribution in [-0.4, -0.2) is 33.9 Å². The van der Waals surface area contributed by atoms with Crippen molar-refractivity contribution >= 4 is 29.4 Å². The van der Waals surface area contributed by atoms with Crippen molar-refractivity contribution in [3.63, 3.8) is 0 Å². The maximum absolute atomic E-state index is 13.9. The Hall–Kier alpha value is -3.98. The number of halogens is 2. The number of benzene rings is 3. The van der Waals surface area contributed by atoms with Gasteiger partial charge in [0.1, 0.15) is 24.0 Å². The highest BCUT2D eigenvalue weighted by Crippen LogP contribution is 2.48. The number of aryl methyl sites for hydroxylation is 1. The van der Waals surface area contributed by atoms with Gasteiger partial charge in [0.15, 0.2) is 0 Å². The van der Waals surface area contributed by atoms with E-state index in [-0.39, 0.29) is 47.5 Å². The van der Waals surface area contributed by atoms with Crippen LogP contribution in [0.5, 0.6) is 0 Å². The van der Waals surface area contributed by atoms with E-state index >= 15 is 0 Å². The Morgan fingerprint density at radius 3 is 2.32 bits per heavy atom. The van der Waals surface area contributed by atoms with Crippen LogP contribution >= 0.6 is 11.8 Å². The highest BCUT2D eigenvalue weighted by molar-refractivity contribution is 8.00. The molecule has 2 amide bonds.